The fourth-order valence-electron chi connectivity index (χ4n) is 2.41. The lowest BCUT2D eigenvalue weighted by Gasteiger charge is -2.28. The highest BCUT2D eigenvalue weighted by Gasteiger charge is 2.25. The van der Waals surface area contributed by atoms with Crippen molar-refractivity contribution in [1.82, 2.24) is 10.2 Å². The number of rotatable bonds is 5. The maximum absolute atomic E-state index is 12.1. The van der Waals surface area contributed by atoms with Gasteiger partial charge in [0.2, 0.25) is 0 Å². The molecule has 1 aliphatic heterocycles. The first-order valence-electron chi connectivity index (χ1n) is 7.44. The number of fused-ring (bicyclic) bond motifs is 1. The van der Waals surface area contributed by atoms with Crippen LogP contribution in [0.15, 0.2) is 24.3 Å². The van der Waals surface area contributed by atoms with E-state index in [1.807, 2.05) is 25.1 Å². The molecule has 21 heavy (non-hydrogen) atoms. The first-order chi connectivity index (χ1) is 10.2. The third kappa shape index (κ3) is 4.29. The van der Waals surface area contributed by atoms with Gasteiger partial charge < -0.3 is 15.0 Å². The van der Waals surface area contributed by atoms with E-state index in [1.165, 1.54) is 5.56 Å². The molecule has 1 aromatic rings. The Morgan fingerprint density at radius 1 is 1.29 bits per heavy atom. The van der Waals surface area contributed by atoms with Crippen LogP contribution in [0.5, 0.6) is 0 Å². The number of carbonyl (C=O) groups is 2. The molecule has 0 saturated carbocycles. The van der Waals surface area contributed by atoms with Gasteiger partial charge in [-0.05, 0) is 30.9 Å². The van der Waals surface area contributed by atoms with Crippen LogP contribution in [0.1, 0.15) is 24.5 Å². The van der Waals surface area contributed by atoms with E-state index < -0.39 is 11.8 Å². The summed E-state index contributed by atoms with van der Waals surface area (Å²) >= 11 is 0. The summed E-state index contributed by atoms with van der Waals surface area (Å²) in [7, 11) is 0. The molecule has 0 radical (unpaired) electrons. The van der Waals surface area contributed by atoms with E-state index in [9.17, 15) is 9.59 Å². The molecular weight excluding hydrogens is 268 g/mol. The molecule has 2 rings (SSSR count). The lowest BCUT2D eigenvalue weighted by Crippen LogP contribution is -2.45. The van der Waals surface area contributed by atoms with Gasteiger partial charge in [-0.15, -0.1) is 0 Å². The molecule has 0 bridgehead atoms. The summed E-state index contributed by atoms with van der Waals surface area (Å²) < 4.78 is 5.18. The Labute approximate surface area is 125 Å². The normalized spacial score (nSPS) is 13.7. The number of amides is 2. The van der Waals surface area contributed by atoms with Gasteiger partial charge in [0.25, 0.3) is 0 Å². The van der Waals surface area contributed by atoms with Crippen molar-refractivity contribution in [3.8, 4) is 0 Å². The van der Waals surface area contributed by atoms with Crippen LogP contribution >= 0.6 is 0 Å². The molecule has 0 spiro atoms. The van der Waals surface area contributed by atoms with Gasteiger partial charge in [0.15, 0.2) is 0 Å². The Kier molecular flexibility index (Phi) is 5.75. The zero-order chi connectivity index (χ0) is 15.1. The smallest absolute Gasteiger partial charge is 0.312 e. The summed E-state index contributed by atoms with van der Waals surface area (Å²) in [6.07, 6.45) is 1.52. The van der Waals surface area contributed by atoms with Gasteiger partial charge in [-0.3, -0.25) is 9.59 Å². The fourth-order valence-corrected chi connectivity index (χ4v) is 2.41. The molecule has 1 aromatic carbocycles. The zero-order valence-electron chi connectivity index (χ0n) is 12.4. The number of hydrogen-bond acceptors (Lipinski definition) is 3. The van der Waals surface area contributed by atoms with Crippen LogP contribution in [0.4, 0.5) is 0 Å². The molecular formula is C16H22N2O3. The highest BCUT2D eigenvalue weighted by molar-refractivity contribution is 6.35. The molecule has 5 heteroatoms. The molecule has 5 nitrogen and oxygen atoms in total. The second kappa shape index (κ2) is 7.78. The molecule has 0 fully saturated rings. The summed E-state index contributed by atoms with van der Waals surface area (Å²) in [6.45, 7) is 4.77. The van der Waals surface area contributed by atoms with Crippen molar-refractivity contribution in [2.45, 2.75) is 26.3 Å². The largest absolute Gasteiger partial charge is 0.382 e. The van der Waals surface area contributed by atoms with Crippen molar-refractivity contribution in [3.05, 3.63) is 35.4 Å². The van der Waals surface area contributed by atoms with Gasteiger partial charge in [-0.25, -0.2) is 0 Å². The zero-order valence-corrected chi connectivity index (χ0v) is 12.4. The Bertz CT molecular complexity index is 502. The Hall–Kier alpha value is -1.88. The maximum Gasteiger partial charge on any atom is 0.312 e. The van der Waals surface area contributed by atoms with Crippen molar-refractivity contribution in [2.75, 3.05) is 26.3 Å². The molecule has 1 heterocycles. The number of ether oxygens (including phenoxy) is 1. The van der Waals surface area contributed by atoms with Gasteiger partial charge in [0, 0.05) is 32.8 Å². The van der Waals surface area contributed by atoms with Crippen molar-refractivity contribution in [1.29, 1.82) is 0 Å². The topological polar surface area (TPSA) is 58.6 Å². The van der Waals surface area contributed by atoms with Crippen LogP contribution in [0.2, 0.25) is 0 Å². The van der Waals surface area contributed by atoms with Gasteiger partial charge in [-0.1, -0.05) is 24.3 Å². The van der Waals surface area contributed by atoms with Gasteiger partial charge in [-0.2, -0.15) is 0 Å². The lowest BCUT2D eigenvalue weighted by atomic mass is 10.00. The minimum atomic E-state index is -0.522. The van der Waals surface area contributed by atoms with Crippen molar-refractivity contribution >= 4 is 11.8 Å². The number of benzene rings is 1. The second-order valence-electron chi connectivity index (χ2n) is 5.05. The standard InChI is InChI=1S/C16H22N2O3/c1-2-21-11-5-9-17-15(19)16(20)18-10-8-13-6-3-4-7-14(13)12-18/h3-4,6-7H,2,5,8-12H2,1H3,(H,17,19). The summed E-state index contributed by atoms with van der Waals surface area (Å²) in [6, 6.07) is 8.04. The van der Waals surface area contributed by atoms with Crippen molar-refractivity contribution < 1.29 is 14.3 Å². The third-order valence-corrected chi connectivity index (χ3v) is 3.57. The Morgan fingerprint density at radius 2 is 2.05 bits per heavy atom. The summed E-state index contributed by atoms with van der Waals surface area (Å²) in [5, 5.41) is 2.65. The first kappa shape index (κ1) is 15.5. The summed E-state index contributed by atoms with van der Waals surface area (Å²) in [5.74, 6) is -0.966. The van der Waals surface area contributed by atoms with Gasteiger partial charge in [0.1, 0.15) is 0 Å². The van der Waals surface area contributed by atoms with E-state index in [0.29, 0.717) is 32.8 Å². The Morgan fingerprint density at radius 3 is 2.81 bits per heavy atom. The first-order valence-corrected chi connectivity index (χ1v) is 7.44. The summed E-state index contributed by atoms with van der Waals surface area (Å²) in [5.41, 5.74) is 2.39. The predicted molar refractivity (Wildman–Crippen MR) is 79.7 cm³/mol. The second-order valence-corrected chi connectivity index (χ2v) is 5.05. The highest BCUT2D eigenvalue weighted by Crippen LogP contribution is 2.18. The van der Waals surface area contributed by atoms with Crippen LogP contribution in [0, 0.1) is 0 Å². The van der Waals surface area contributed by atoms with Gasteiger partial charge in [0.05, 0.1) is 0 Å². The minimum Gasteiger partial charge on any atom is -0.382 e. The SMILES string of the molecule is CCOCCCNC(=O)C(=O)N1CCc2ccccc2C1. The quantitative estimate of drug-likeness (QED) is 0.653. The fraction of sp³-hybridized carbons (Fsp3) is 0.500. The van der Waals surface area contributed by atoms with E-state index in [1.54, 1.807) is 4.90 Å². The van der Waals surface area contributed by atoms with E-state index in [2.05, 4.69) is 11.4 Å². The van der Waals surface area contributed by atoms with Crippen LogP contribution < -0.4 is 5.32 Å². The number of nitrogens with one attached hydrogen (secondary N) is 1. The average Bonchev–Trinajstić information content (AvgIpc) is 2.53. The molecule has 0 aliphatic carbocycles. The van der Waals surface area contributed by atoms with E-state index >= 15 is 0 Å². The number of hydrogen-bond donors (Lipinski definition) is 1. The van der Waals surface area contributed by atoms with E-state index in [0.717, 1.165) is 18.4 Å². The van der Waals surface area contributed by atoms with Crippen LogP contribution in [-0.4, -0.2) is 43.0 Å². The molecule has 0 saturated heterocycles. The molecule has 0 atom stereocenters. The lowest BCUT2D eigenvalue weighted by molar-refractivity contribution is -0.146. The monoisotopic (exact) mass is 290 g/mol. The molecule has 1 N–H and O–H groups in total. The van der Waals surface area contributed by atoms with Gasteiger partial charge >= 0.3 is 11.8 Å². The van der Waals surface area contributed by atoms with Crippen LogP contribution in [0.3, 0.4) is 0 Å². The van der Waals surface area contributed by atoms with Crippen LogP contribution in [-0.2, 0) is 27.3 Å². The predicted octanol–water partition coefficient (Wildman–Crippen LogP) is 1.11. The van der Waals surface area contributed by atoms with E-state index in [4.69, 9.17) is 4.74 Å². The molecule has 1 aliphatic rings. The van der Waals surface area contributed by atoms with Crippen LogP contribution in [0.25, 0.3) is 0 Å². The number of carbonyl (C=O) groups excluding carboxylic acids is 2. The Balaban J connectivity index is 1.80. The van der Waals surface area contributed by atoms with Crippen molar-refractivity contribution in [2.24, 2.45) is 0 Å². The summed E-state index contributed by atoms with van der Waals surface area (Å²) in [4.78, 5) is 25.6. The molecule has 0 aromatic heterocycles. The van der Waals surface area contributed by atoms with Crippen molar-refractivity contribution in [3.63, 3.8) is 0 Å². The molecule has 2 amide bonds. The van der Waals surface area contributed by atoms with E-state index in [-0.39, 0.29) is 0 Å². The number of nitrogens with zero attached hydrogens (tertiary/aromatic N) is 1. The molecule has 0 unspecified atom stereocenters. The maximum atomic E-state index is 12.1. The third-order valence-electron chi connectivity index (χ3n) is 3.57. The average molecular weight is 290 g/mol. The molecule has 114 valence electrons. The highest BCUT2D eigenvalue weighted by atomic mass is 16.5. The minimum absolute atomic E-state index is 0.444.